The van der Waals surface area contributed by atoms with Crippen molar-refractivity contribution in [2.24, 2.45) is 35.5 Å². The Balaban J connectivity index is 0.000000158. The van der Waals surface area contributed by atoms with E-state index in [0.717, 1.165) is 20.9 Å². The number of aryl methyl sites for hydroxylation is 3. The second-order valence-corrected chi connectivity index (χ2v) is 11.0. The number of alkyl halides is 3. The quantitative estimate of drug-likeness (QED) is 0.394. The van der Waals surface area contributed by atoms with Crippen LogP contribution in [0.2, 0.25) is 0 Å². The molecule has 0 radical (unpaired) electrons. The highest BCUT2D eigenvalue weighted by Crippen LogP contribution is 2.57. The summed E-state index contributed by atoms with van der Waals surface area (Å²) in [5.41, 5.74) is 2.82. The number of carbonyl (C=O) groups excluding carboxylic acids is 4. The largest absolute Gasteiger partial charge is 0.417 e. The first kappa shape index (κ1) is 26.8. The molecule has 39 heavy (non-hydrogen) atoms. The highest BCUT2D eigenvalue weighted by atomic mass is 19.4. The molecule has 0 N–H and O–H groups in total. The van der Waals surface area contributed by atoms with Gasteiger partial charge in [0.1, 0.15) is 0 Å². The monoisotopic (exact) mass is 538 g/mol. The van der Waals surface area contributed by atoms with Crippen molar-refractivity contribution in [2.75, 3.05) is 14.1 Å². The predicted molar refractivity (Wildman–Crippen MR) is 137 cm³/mol. The molecule has 5 aliphatic rings. The lowest BCUT2D eigenvalue weighted by Crippen LogP contribution is -2.50. The van der Waals surface area contributed by atoms with Crippen molar-refractivity contribution in [3.63, 3.8) is 0 Å². The maximum Gasteiger partial charge on any atom is 0.417 e. The standard InChI is InChI=1S/C16H15F3.C14H14N2O4/c1-10-4-6-13(12(3)8-10)14-7-5-11(2)9-15(14)16(17,18)19;1-15-11(17)7-5-3-4-6(8(7)12(15)18)10-9(5)13(19)16(2)14(10)20/h4-9H,1-3H3;3-10H,1-2H3. The van der Waals surface area contributed by atoms with Crippen molar-refractivity contribution in [1.29, 1.82) is 0 Å². The third kappa shape index (κ3) is 4.10. The number of amides is 4. The normalized spacial score (nSPS) is 29.0. The number of allylic oxidation sites excluding steroid dienone is 2. The Morgan fingerprint density at radius 2 is 1.00 bits per heavy atom. The van der Waals surface area contributed by atoms with Gasteiger partial charge < -0.3 is 0 Å². The predicted octanol–water partition coefficient (Wildman–Crippen LogP) is 4.56. The van der Waals surface area contributed by atoms with Crippen LogP contribution in [0.15, 0.2) is 48.6 Å². The molecule has 4 unspecified atom stereocenters. The van der Waals surface area contributed by atoms with Crippen molar-refractivity contribution in [1.82, 2.24) is 9.80 Å². The maximum atomic E-state index is 13.1. The molecule has 2 aliphatic heterocycles. The maximum absolute atomic E-state index is 13.1. The van der Waals surface area contributed by atoms with Crippen LogP contribution in [-0.4, -0.2) is 47.5 Å². The summed E-state index contributed by atoms with van der Waals surface area (Å²) in [6, 6.07) is 9.95. The van der Waals surface area contributed by atoms with Crippen molar-refractivity contribution in [3.05, 3.63) is 70.8 Å². The summed E-state index contributed by atoms with van der Waals surface area (Å²) in [6.07, 6.45) is -0.609. The summed E-state index contributed by atoms with van der Waals surface area (Å²) in [5.74, 6) is -3.37. The van der Waals surface area contributed by atoms with Crippen molar-refractivity contribution in [3.8, 4) is 11.1 Å². The van der Waals surface area contributed by atoms with Gasteiger partial charge in [0.2, 0.25) is 23.6 Å². The first-order valence-electron chi connectivity index (χ1n) is 12.8. The number of halogens is 3. The minimum atomic E-state index is -4.33. The molecule has 4 amide bonds. The molecule has 7 rings (SSSR count). The summed E-state index contributed by atoms with van der Waals surface area (Å²) in [4.78, 5) is 51.3. The topological polar surface area (TPSA) is 74.8 Å². The van der Waals surface area contributed by atoms with Crippen LogP contribution in [0.4, 0.5) is 13.2 Å². The summed E-state index contributed by atoms with van der Waals surface area (Å²) in [7, 11) is 2.96. The van der Waals surface area contributed by atoms with Gasteiger partial charge in [0, 0.05) is 25.9 Å². The minimum absolute atomic E-state index is 0.215. The van der Waals surface area contributed by atoms with Gasteiger partial charge in [-0.2, -0.15) is 13.2 Å². The molecule has 0 spiro atoms. The SMILES string of the molecule is CN1C(=O)C2C3C=CC(C2C1=O)C1C(=O)N(C)C(=O)C31.Cc1ccc(-c2ccc(C)cc2C(F)(F)F)c(C)c1. The van der Waals surface area contributed by atoms with E-state index in [1.165, 1.54) is 20.2 Å². The Hall–Kier alpha value is -3.75. The van der Waals surface area contributed by atoms with Crippen LogP contribution in [0.5, 0.6) is 0 Å². The molecule has 2 aromatic carbocycles. The molecular formula is C30H29F3N2O4. The first-order valence-corrected chi connectivity index (χ1v) is 12.8. The highest BCUT2D eigenvalue weighted by Gasteiger charge is 2.67. The lowest BCUT2D eigenvalue weighted by atomic mass is 9.54. The van der Waals surface area contributed by atoms with Gasteiger partial charge in [0.15, 0.2) is 0 Å². The van der Waals surface area contributed by atoms with Crippen LogP contribution < -0.4 is 0 Å². The number of hydrogen-bond donors (Lipinski definition) is 0. The van der Waals surface area contributed by atoms with Gasteiger partial charge in [-0.3, -0.25) is 29.0 Å². The molecule has 1 saturated carbocycles. The Labute approximate surface area is 224 Å². The zero-order chi connectivity index (χ0) is 28.5. The second kappa shape index (κ2) is 9.17. The first-order chi connectivity index (χ1) is 18.2. The molecule has 204 valence electrons. The van der Waals surface area contributed by atoms with Crippen molar-refractivity contribution in [2.45, 2.75) is 26.9 Å². The average molecular weight is 539 g/mol. The Kier molecular flexibility index (Phi) is 6.31. The van der Waals surface area contributed by atoms with Crippen LogP contribution in [0.3, 0.4) is 0 Å². The van der Waals surface area contributed by atoms with E-state index in [2.05, 4.69) is 0 Å². The second-order valence-electron chi connectivity index (χ2n) is 11.0. The van der Waals surface area contributed by atoms with Gasteiger partial charge in [-0.1, -0.05) is 53.6 Å². The van der Waals surface area contributed by atoms with E-state index in [-0.39, 0.29) is 41.0 Å². The van der Waals surface area contributed by atoms with E-state index < -0.39 is 35.4 Å². The van der Waals surface area contributed by atoms with Gasteiger partial charge in [0.25, 0.3) is 0 Å². The van der Waals surface area contributed by atoms with Gasteiger partial charge in [0.05, 0.1) is 29.2 Å². The highest BCUT2D eigenvalue weighted by molar-refractivity contribution is 6.10. The van der Waals surface area contributed by atoms with E-state index in [1.54, 1.807) is 25.1 Å². The molecule has 3 aliphatic carbocycles. The molecule has 2 heterocycles. The lowest BCUT2D eigenvalue weighted by molar-refractivity contribution is -0.139. The summed E-state index contributed by atoms with van der Waals surface area (Å²) in [5, 5.41) is 0. The number of nitrogens with zero attached hydrogens (tertiary/aromatic N) is 2. The van der Waals surface area contributed by atoms with Crippen molar-refractivity contribution < 1.29 is 32.3 Å². The molecule has 6 nitrogen and oxygen atoms in total. The van der Waals surface area contributed by atoms with Crippen LogP contribution in [0, 0.1) is 56.3 Å². The minimum Gasteiger partial charge on any atom is -0.285 e. The summed E-state index contributed by atoms with van der Waals surface area (Å²) in [6.45, 7) is 5.43. The summed E-state index contributed by atoms with van der Waals surface area (Å²) < 4.78 is 39.4. The lowest BCUT2D eigenvalue weighted by Gasteiger charge is -2.44. The van der Waals surface area contributed by atoms with E-state index in [1.807, 2.05) is 38.1 Å². The molecular weight excluding hydrogens is 509 g/mol. The number of imide groups is 2. The zero-order valence-electron chi connectivity index (χ0n) is 22.2. The number of hydrogen-bond acceptors (Lipinski definition) is 4. The fourth-order valence-electron chi connectivity index (χ4n) is 6.77. The fourth-order valence-corrected chi connectivity index (χ4v) is 6.77. The van der Waals surface area contributed by atoms with E-state index in [9.17, 15) is 32.3 Å². The molecule has 2 saturated heterocycles. The fraction of sp³-hybridized carbons (Fsp3) is 0.400. The van der Waals surface area contributed by atoms with Crippen LogP contribution in [0.1, 0.15) is 22.3 Å². The molecule has 9 heteroatoms. The molecule has 4 atom stereocenters. The number of benzene rings is 2. The van der Waals surface area contributed by atoms with Crippen LogP contribution in [-0.2, 0) is 25.4 Å². The Morgan fingerprint density at radius 1 is 0.615 bits per heavy atom. The van der Waals surface area contributed by atoms with E-state index >= 15 is 0 Å². The smallest absolute Gasteiger partial charge is 0.285 e. The van der Waals surface area contributed by atoms with Gasteiger partial charge in [-0.25, -0.2) is 0 Å². The van der Waals surface area contributed by atoms with Gasteiger partial charge in [-0.15, -0.1) is 0 Å². The van der Waals surface area contributed by atoms with Crippen LogP contribution in [0.25, 0.3) is 11.1 Å². The Morgan fingerprint density at radius 3 is 1.38 bits per heavy atom. The third-order valence-electron chi connectivity index (χ3n) is 8.60. The molecule has 0 aromatic heterocycles. The number of likely N-dealkylation sites (tertiary alicyclic amines) is 2. The number of rotatable bonds is 1. The van der Waals surface area contributed by atoms with Gasteiger partial charge in [-0.05, 0) is 43.5 Å². The zero-order valence-corrected chi connectivity index (χ0v) is 22.2. The van der Waals surface area contributed by atoms with E-state index in [4.69, 9.17) is 0 Å². The van der Waals surface area contributed by atoms with E-state index in [0.29, 0.717) is 11.1 Å². The average Bonchev–Trinajstić information content (AvgIpc) is 3.26. The molecule has 2 aromatic rings. The van der Waals surface area contributed by atoms with Crippen LogP contribution >= 0.6 is 0 Å². The van der Waals surface area contributed by atoms with Crippen molar-refractivity contribution >= 4 is 23.6 Å². The molecule has 2 bridgehead atoms. The third-order valence-corrected chi connectivity index (χ3v) is 8.60. The Bertz CT molecular complexity index is 1350. The molecule has 3 fully saturated rings. The van der Waals surface area contributed by atoms with Gasteiger partial charge >= 0.3 is 6.18 Å². The number of carbonyl (C=O) groups is 4. The summed E-state index contributed by atoms with van der Waals surface area (Å²) >= 11 is 0.